The maximum absolute atomic E-state index is 13.6. The molecule has 0 saturated carbocycles. The lowest BCUT2D eigenvalue weighted by Crippen LogP contribution is -2.49. The van der Waals surface area contributed by atoms with Crippen molar-refractivity contribution in [3.63, 3.8) is 0 Å². The van der Waals surface area contributed by atoms with Crippen LogP contribution in [-0.2, 0) is 35.7 Å². The minimum Gasteiger partial charge on any atom is -0.444 e. The first-order valence-corrected chi connectivity index (χ1v) is 14.7. The van der Waals surface area contributed by atoms with Crippen LogP contribution in [0.15, 0.2) is 30.6 Å². The highest BCUT2D eigenvalue weighted by atomic mass is 19.4. The molecule has 0 aliphatic rings. The van der Waals surface area contributed by atoms with Crippen LogP contribution in [0.25, 0.3) is 11.3 Å². The van der Waals surface area contributed by atoms with Crippen LogP contribution in [0.1, 0.15) is 73.8 Å². The molecule has 0 aliphatic heterocycles. The molecule has 3 aromatic rings. The molecule has 47 heavy (non-hydrogen) atoms. The van der Waals surface area contributed by atoms with Crippen LogP contribution in [0.4, 0.5) is 23.7 Å². The molecule has 3 amide bonds. The molecule has 3 N–H and O–H groups in total. The number of alkyl carbamates (subject to hydrolysis) is 1. The number of carbonyl (C=O) groups is 3. The molecule has 0 saturated heterocycles. The summed E-state index contributed by atoms with van der Waals surface area (Å²) in [5, 5.41) is 20.6. The summed E-state index contributed by atoms with van der Waals surface area (Å²) in [7, 11) is 1.40. The van der Waals surface area contributed by atoms with E-state index < -0.39 is 35.0 Å². The lowest BCUT2D eigenvalue weighted by molar-refractivity contribution is -0.141. The molecule has 0 atom stereocenters. The van der Waals surface area contributed by atoms with Gasteiger partial charge < -0.3 is 30.0 Å². The molecule has 16 heteroatoms. The number of hydrogen-bond donors (Lipinski definition) is 3. The highest BCUT2D eigenvalue weighted by Gasteiger charge is 2.38. The fourth-order valence-electron chi connectivity index (χ4n) is 4.49. The van der Waals surface area contributed by atoms with Gasteiger partial charge in [0.15, 0.2) is 11.5 Å². The number of benzene rings is 1. The fourth-order valence-corrected chi connectivity index (χ4v) is 4.49. The van der Waals surface area contributed by atoms with Crippen molar-refractivity contribution in [2.24, 2.45) is 7.05 Å². The topological polar surface area (TPSA) is 165 Å². The number of nitriles is 1. The number of carbonyl (C=O) groups excluding carboxylic acids is 3. The lowest BCUT2D eigenvalue weighted by atomic mass is 10.0. The van der Waals surface area contributed by atoms with Gasteiger partial charge in [-0.05, 0) is 64.8 Å². The molecule has 0 bridgehead atoms. The Kier molecular flexibility index (Phi) is 11.4. The van der Waals surface area contributed by atoms with Gasteiger partial charge in [0.05, 0.1) is 42.3 Å². The number of alkyl halides is 3. The molecule has 254 valence electrons. The molecule has 13 nitrogen and oxygen atoms in total. The number of nitrogens with one attached hydrogen (secondary N) is 3. The van der Waals surface area contributed by atoms with Crippen LogP contribution in [-0.4, -0.2) is 68.1 Å². The van der Waals surface area contributed by atoms with Crippen molar-refractivity contribution in [3.05, 3.63) is 53.2 Å². The third-order valence-corrected chi connectivity index (χ3v) is 6.55. The molecule has 0 radical (unpaired) electrons. The second-order valence-corrected chi connectivity index (χ2v) is 12.3. The standard InChI is InChI=1S/C31H39F3N8O5/c1-8-19-15-20(9-10-21(19)26(43)36-12-14-46-18-30(5,6)39-28(45)47-29(2,3)4)38-27(44)25-37-16-23(41(25)7)22-17-42(13-11-35)40-24(22)31(32,33)34/h9-10,15-17H,8,12-14,18H2,1-7H3,(H,36,43)(H,38,44)(H,39,45). The van der Waals surface area contributed by atoms with Gasteiger partial charge >= 0.3 is 12.3 Å². The summed E-state index contributed by atoms with van der Waals surface area (Å²) in [6.07, 6.45) is -2.68. The zero-order valence-electron chi connectivity index (χ0n) is 27.3. The van der Waals surface area contributed by atoms with Gasteiger partial charge in [0.2, 0.25) is 0 Å². The van der Waals surface area contributed by atoms with E-state index in [0.29, 0.717) is 23.2 Å². The predicted octanol–water partition coefficient (Wildman–Crippen LogP) is 4.69. The number of aromatic nitrogens is 4. The van der Waals surface area contributed by atoms with E-state index in [9.17, 15) is 27.6 Å². The first kappa shape index (κ1) is 36.6. The average molecular weight is 661 g/mol. The predicted molar refractivity (Wildman–Crippen MR) is 165 cm³/mol. The third kappa shape index (κ3) is 10.0. The van der Waals surface area contributed by atoms with Crippen molar-refractivity contribution in [3.8, 4) is 17.3 Å². The van der Waals surface area contributed by atoms with Gasteiger partial charge in [-0.25, -0.2) is 9.78 Å². The Hall–Kier alpha value is -4.91. The van der Waals surface area contributed by atoms with Crippen LogP contribution >= 0.6 is 0 Å². The molecular formula is C31H39F3N8O5. The molecule has 0 aliphatic carbocycles. The molecule has 0 spiro atoms. The van der Waals surface area contributed by atoms with E-state index in [4.69, 9.17) is 14.7 Å². The van der Waals surface area contributed by atoms with Gasteiger partial charge in [-0.1, -0.05) is 6.92 Å². The van der Waals surface area contributed by atoms with E-state index in [1.165, 1.54) is 17.7 Å². The van der Waals surface area contributed by atoms with E-state index in [-0.39, 0.29) is 49.3 Å². The maximum Gasteiger partial charge on any atom is 0.435 e. The van der Waals surface area contributed by atoms with Crippen LogP contribution in [0.2, 0.25) is 0 Å². The smallest absolute Gasteiger partial charge is 0.435 e. The van der Waals surface area contributed by atoms with E-state index in [1.54, 1.807) is 52.8 Å². The molecule has 0 unspecified atom stereocenters. The fraction of sp³-hybridized carbons (Fsp3) is 0.484. The Labute approximate surface area is 270 Å². The van der Waals surface area contributed by atoms with Crippen LogP contribution in [0.5, 0.6) is 0 Å². The summed E-state index contributed by atoms with van der Waals surface area (Å²) in [6, 6.07) is 6.46. The number of halogens is 3. The summed E-state index contributed by atoms with van der Waals surface area (Å²) in [6.45, 7) is 10.9. The van der Waals surface area contributed by atoms with Gasteiger partial charge in [-0.2, -0.15) is 23.5 Å². The summed E-state index contributed by atoms with van der Waals surface area (Å²) >= 11 is 0. The van der Waals surface area contributed by atoms with Crippen LogP contribution < -0.4 is 16.0 Å². The number of aryl methyl sites for hydroxylation is 1. The first-order chi connectivity index (χ1) is 21.8. The van der Waals surface area contributed by atoms with Crippen molar-refractivity contribution < 1.29 is 37.0 Å². The number of ether oxygens (including phenoxy) is 2. The average Bonchev–Trinajstić information content (AvgIpc) is 3.54. The van der Waals surface area contributed by atoms with E-state index in [1.807, 2.05) is 6.92 Å². The number of amides is 3. The maximum atomic E-state index is 13.6. The third-order valence-electron chi connectivity index (χ3n) is 6.55. The van der Waals surface area contributed by atoms with Gasteiger partial charge in [0.25, 0.3) is 11.8 Å². The summed E-state index contributed by atoms with van der Waals surface area (Å²) in [5.41, 5.74) is -1.48. The number of rotatable bonds is 12. The molecular weight excluding hydrogens is 621 g/mol. The lowest BCUT2D eigenvalue weighted by Gasteiger charge is -2.28. The Bertz CT molecular complexity index is 1650. The first-order valence-electron chi connectivity index (χ1n) is 14.7. The van der Waals surface area contributed by atoms with E-state index in [0.717, 1.165) is 17.1 Å². The summed E-state index contributed by atoms with van der Waals surface area (Å²) in [5.74, 6) is -1.19. The molecule has 2 aromatic heterocycles. The van der Waals surface area contributed by atoms with Crippen molar-refractivity contribution in [1.82, 2.24) is 30.0 Å². The second-order valence-electron chi connectivity index (χ2n) is 12.3. The van der Waals surface area contributed by atoms with Crippen LogP contribution in [0.3, 0.4) is 0 Å². The van der Waals surface area contributed by atoms with Crippen molar-refractivity contribution >= 4 is 23.6 Å². The number of nitrogens with zero attached hydrogens (tertiary/aromatic N) is 5. The highest BCUT2D eigenvalue weighted by molar-refractivity contribution is 6.03. The van der Waals surface area contributed by atoms with Gasteiger partial charge in [-0.3, -0.25) is 14.3 Å². The zero-order chi connectivity index (χ0) is 35.2. The van der Waals surface area contributed by atoms with Crippen molar-refractivity contribution in [1.29, 1.82) is 5.26 Å². The van der Waals surface area contributed by atoms with Crippen molar-refractivity contribution in [2.45, 2.75) is 71.8 Å². The normalized spacial score (nSPS) is 11.9. The largest absolute Gasteiger partial charge is 0.444 e. The Morgan fingerprint density at radius 2 is 1.79 bits per heavy atom. The Morgan fingerprint density at radius 1 is 1.09 bits per heavy atom. The SMILES string of the molecule is CCc1cc(NC(=O)c2ncc(-c3cn(CC#N)nc3C(F)(F)F)n2C)ccc1C(=O)NCCOCC(C)(C)NC(=O)OC(C)(C)C. The Balaban J connectivity index is 1.61. The highest BCUT2D eigenvalue weighted by Crippen LogP contribution is 2.36. The second kappa shape index (κ2) is 14.7. The number of hydrogen-bond acceptors (Lipinski definition) is 8. The minimum absolute atomic E-state index is 0.0141. The molecule has 1 aromatic carbocycles. The Morgan fingerprint density at radius 3 is 2.40 bits per heavy atom. The van der Waals surface area contributed by atoms with Crippen LogP contribution in [0, 0.1) is 11.3 Å². The van der Waals surface area contributed by atoms with Gasteiger partial charge in [0.1, 0.15) is 12.1 Å². The molecule has 0 fully saturated rings. The molecule has 2 heterocycles. The van der Waals surface area contributed by atoms with E-state index in [2.05, 4.69) is 26.0 Å². The number of imidazole rings is 1. The van der Waals surface area contributed by atoms with Gasteiger partial charge in [0, 0.05) is 31.0 Å². The van der Waals surface area contributed by atoms with E-state index >= 15 is 0 Å². The van der Waals surface area contributed by atoms with Gasteiger partial charge in [-0.15, -0.1) is 0 Å². The minimum atomic E-state index is -4.79. The summed E-state index contributed by atoms with van der Waals surface area (Å²) in [4.78, 5) is 42.0. The number of anilines is 1. The summed E-state index contributed by atoms with van der Waals surface area (Å²) < 4.78 is 53.9. The van der Waals surface area contributed by atoms with Crippen molar-refractivity contribution in [2.75, 3.05) is 25.1 Å². The quantitative estimate of drug-likeness (QED) is 0.236. The monoisotopic (exact) mass is 660 g/mol. The molecule has 3 rings (SSSR count). The zero-order valence-corrected chi connectivity index (χ0v) is 27.3.